The summed E-state index contributed by atoms with van der Waals surface area (Å²) in [4.78, 5) is 29.1. The number of sulfonamides is 1. The van der Waals surface area contributed by atoms with E-state index in [1.54, 1.807) is 12.1 Å². The van der Waals surface area contributed by atoms with E-state index in [0.29, 0.717) is 15.8 Å². The summed E-state index contributed by atoms with van der Waals surface area (Å²) < 4.78 is 30.1. The number of carbonyl (C=O) groups excluding carboxylic acids is 2. The van der Waals surface area contributed by atoms with Crippen LogP contribution in [-0.2, 0) is 31.5 Å². The number of nitrogens with zero attached hydrogens (tertiary/aromatic N) is 2. The second kappa shape index (κ2) is 8.37. The third-order valence-corrected chi connectivity index (χ3v) is 6.64. The Morgan fingerprint density at radius 3 is 2.32 bits per heavy atom. The van der Waals surface area contributed by atoms with Gasteiger partial charge in [-0.1, -0.05) is 44.2 Å². The van der Waals surface area contributed by atoms with Crippen LogP contribution in [0, 0.1) is 0 Å². The molecule has 0 bridgehead atoms. The Morgan fingerprint density at radius 1 is 1.13 bits per heavy atom. The first-order valence-electron chi connectivity index (χ1n) is 9.33. The Labute approximate surface area is 184 Å². The minimum Gasteiger partial charge on any atom is -0.468 e. The molecular weight excluding hydrogens is 438 g/mol. The van der Waals surface area contributed by atoms with Crippen LogP contribution in [-0.4, -0.2) is 32.0 Å². The van der Waals surface area contributed by atoms with Crippen LogP contribution >= 0.6 is 11.3 Å². The van der Waals surface area contributed by atoms with Gasteiger partial charge in [-0.05, 0) is 41.3 Å². The number of primary sulfonamides is 1. The van der Waals surface area contributed by atoms with Crippen molar-refractivity contribution in [1.82, 2.24) is 4.57 Å². The average molecular weight is 462 g/mol. The SMILES string of the molecule is COC(=O)Cn1c(=NC(=O)c2ccc(C(C)(C)C)cc2)sc2cc(S(N)(=O)=O)ccc21. The number of esters is 1. The van der Waals surface area contributed by atoms with Crippen molar-refractivity contribution < 1.29 is 22.7 Å². The zero-order valence-corrected chi connectivity index (χ0v) is 19.2. The summed E-state index contributed by atoms with van der Waals surface area (Å²) in [6.45, 7) is 6.06. The van der Waals surface area contributed by atoms with Crippen LogP contribution in [0.4, 0.5) is 0 Å². The van der Waals surface area contributed by atoms with E-state index in [2.05, 4.69) is 25.8 Å². The molecule has 0 spiro atoms. The summed E-state index contributed by atoms with van der Waals surface area (Å²) in [6, 6.07) is 11.5. The van der Waals surface area contributed by atoms with Crippen LogP contribution in [0.2, 0.25) is 0 Å². The highest BCUT2D eigenvalue weighted by molar-refractivity contribution is 7.89. The van der Waals surface area contributed by atoms with Gasteiger partial charge in [-0.2, -0.15) is 4.99 Å². The molecule has 0 radical (unpaired) electrons. The Kier molecular flexibility index (Phi) is 6.17. The number of aromatic nitrogens is 1. The molecule has 0 saturated carbocycles. The quantitative estimate of drug-likeness (QED) is 0.599. The van der Waals surface area contributed by atoms with Crippen molar-refractivity contribution in [3.63, 3.8) is 0 Å². The lowest BCUT2D eigenvalue weighted by Gasteiger charge is -2.18. The molecule has 3 rings (SSSR count). The van der Waals surface area contributed by atoms with Crippen molar-refractivity contribution in [2.24, 2.45) is 10.1 Å². The van der Waals surface area contributed by atoms with Gasteiger partial charge in [-0.25, -0.2) is 13.6 Å². The molecule has 0 aliphatic rings. The molecule has 2 N–H and O–H groups in total. The smallest absolute Gasteiger partial charge is 0.325 e. The van der Waals surface area contributed by atoms with Gasteiger partial charge in [0.2, 0.25) is 10.0 Å². The van der Waals surface area contributed by atoms with Gasteiger partial charge in [0.15, 0.2) is 4.80 Å². The summed E-state index contributed by atoms with van der Waals surface area (Å²) in [6.07, 6.45) is 0. The number of hydrogen-bond donors (Lipinski definition) is 1. The zero-order chi connectivity index (χ0) is 23.0. The summed E-state index contributed by atoms with van der Waals surface area (Å²) >= 11 is 1.08. The Morgan fingerprint density at radius 2 is 1.77 bits per heavy atom. The van der Waals surface area contributed by atoms with Crippen LogP contribution in [0.1, 0.15) is 36.7 Å². The number of thiazole rings is 1. The van der Waals surface area contributed by atoms with Crippen molar-refractivity contribution in [3.8, 4) is 0 Å². The third kappa shape index (κ3) is 5.09. The molecule has 31 heavy (non-hydrogen) atoms. The molecular formula is C21H23N3O5S2. The number of nitrogens with two attached hydrogens (primary N) is 1. The van der Waals surface area contributed by atoms with Crippen molar-refractivity contribution in [2.45, 2.75) is 37.6 Å². The van der Waals surface area contributed by atoms with Gasteiger partial charge in [0.05, 0.1) is 22.2 Å². The molecule has 0 fully saturated rings. The summed E-state index contributed by atoms with van der Waals surface area (Å²) in [5, 5.41) is 5.21. The molecule has 1 heterocycles. The van der Waals surface area contributed by atoms with Gasteiger partial charge in [-0.3, -0.25) is 9.59 Å². The number of fused-ring (bicyclic) bond motifs is 1. The molecule has 164 valence electrons. The molecule has 1 aromatic heterocycles. The maximum absolute atomic E-state index is 12.8. The minimum absolute atomic E-state index is 0.0469. The van der Waals surface area contributed by atoms with Crippen LogP contribution in [0.3, 0.4) is 0 Å². The molecule has 1 amide bonds. The minimum atomic E-state index is -3.90. The van der Waals surface area contributed by atoms with E-state index in [1.807, 2.05) is 12.1 Å². The molecule has 2 aromatic carbocycles. The molecule has 0 saturated heterocycles. The standard InChI is InChI=1S/C21H23N3O5S2/c1-21(2,3)14-7-5-13(6-8-14)19(26)23-20-24(12-18(25)29-4)16-10-9-15(31(22,27)28)11-17(16)30-20/h5-11H,12H2,1-4H3,(H2,22,27,28). The van der Waals surface area contributed by atoms with E-state index >= 15 is 0 Å². The summed E-state index contributed by atoms with van der Waals surface area (Å²) in [5.41, 5.74) is 1.98. The first-order valence-corrected chi connectivity index (χ1v) is 11.7. The number of carbonyl (C=O) groups is 2. The van der Waals surface area contributed by atoms with Gasteiger partial charge in [0.1, 0.15) is 6.54 Å². The fourth-order valence-corrected chi connectivity index (χ4v) is 4.61. The van der Waals surface area contributed by atoms with Crippen molar-refractivity contribution in [2.75, 3.05) is 7.11 Å². The fraction of sp³-hybridized carbons (Fsp3) is 0.286. The molecule has 0 aliphatic heterocycles. The molecule has 10 heteroatoms. The van der Waals surface area contributed by atoms with E-state index < -0.39 is 21.9 Å². The predicted molar refractivity (Wildman–Crippen MR) is 118 cm³/mol. The maximum Gasteiger partial charge on any atom is 0.325 e. The largest absolute Gasteiger partial charge is 0.468 e. The van der Waals surface area contributed by atoms with Crippen molar-refractivity contribution in [3.05, 3.63) is 58.4 Å². The molecule has 0 atom stereocenters. The Hall–Kier alpha value is -2.82. The Balaban J connectivity index is 2.12. The number of amides is 1. The molecule has 8 nitrogen and oxygen atoms in total. The van der Waals surface area contributed by atoms with Gasteiger partial charge < -0.3 is 9.30 Å². The monoisotopic (exact) mass is 461 g/mol. The summed E-state index contributed by atoms with van der Waals surface area (Å²) in [7, 11) is -2.64. The van der Waals surface area contributed by atoms with Crippen LogP contribution in [0.5, 0.6) is 0 Å². The van der Waals surface area contributed by atoms with E-state index in [9.17, 15) is 18.0 Å². The molecule has 3 aromatic rings. The highest BCUT2D eigenvalue weighted by Crippen LogP contribution is 2.23. The number of methoxy groups -OCH3 is 1. The van der Waals surface area contributed by atoms with E-state index in [0.717, 1.165) is 16.9 Å². The highest BCUT2D eigenvalue weighted by atomic mass is 32.2. The maximum atomic E-state index is 12.8. The second-order valence-electron chi connectivity index (χ2n) is 7.97. The van der Waals surface area contributed by atoms with Crippen molar-refractivity contribution in [1.29, 1.82) is 0 Å². The number of hydrogen-bond acceptors (Lipinski definition) is 6. The van der Waals surface area contributed by atoms with Gasteiger partial charge in [-0.15, -0.1) is 0 Å². The third-order valence-electron chi connectivity index (χ3n) is 4.69. The first kappa shape index (κ1) is 22.9. The zero-order valence-electron chi connectivity index (χ0n) is 17.6. The van der Waals surface area contributed by atoms with Crippen LogP contribution in [0.25, 0.3) is 10.2 Å². The first-order chi connectivity index (χ1) is 14.4. The van der Waals surface area contributed by atoms with Gasteiger partial charge >= 0.3 is 5.97 Å². The Bertz CT molecular complexity index is 1330. The second-order valence-corrected chi connectivity index (χ2v) is 10.5. The lowest BCUT2D eigenvalue weighted by atomic mass is 9.87. The van der Waals surface area contributed by atoms with E-state index in [1.165, 1.54) is 29.9 Å². The van der Waals surface area contributed by atoms with E-state index in [-0.39, 0.29) is 21.7 Å². The molecule has 0 unspecified atom stereocenters. The summed E-state index contributed by atoms with van der Waals surface area (Å²) in [5.74, 6) is -1.00. The normalized spacial score (nSPS) is 12.9. The van der Waals surface area contributed by atoms with Gasteiger partial charge in [0, 0.05) is 5.56 Å². The lowest BCUT2D eigenvalue weighted by molar-refractivity contribution is -0.141. The number of ether oxygens (including phenoxy) is 1. The number of rotatable bonds is 4. The van der Waals surface area contributed by atoms with Crippen LogP contribution < -0.4 is 9.94 Å². The van der Waals surface area contributed by atoms with Crippen LogP contribution in [0.15, 0.2) is 52.4 Å². The fourth-order valence-electron chi connectivity index (χ4n) is 2.93. The average Bonchev–Trinajstić information content (AvgIpc) is 3.02. The van der Waals surface area contributed by atoms with Gasteiger partial charge in [0.25, 0.3) is 5.91 Å². The lowest BCUT2D eigenvalue weighted by Crippen LogP contribution is -2.22. The molecule has 0 aliphatic carbocycles. The van der Waals surface area contributed by atoms with Crippen molar-refractivity contribution >= 4 is 43.5 Å². The number of benzene rings is 2. The van der Waals surface area contributed by atoms with E-state index in [4.69, 9.17) is 9.88 Å². The highest BCUT2D eigenvalue weighted by Gasteiger charge is 2.17. The topological polar surface area (TPSA) is 121 Å². The predicted octanol–water partition coefficient (Wildman–Crippen LogP) is 2.56.